The fraction of sp³-hybridized carbons (Fsp3) is 0.375. The standard InChI is InChI=1S/C8H8Cl2FNO2S/c1-5-4-7(9)12-8(10)6(5)2-3-15(11,13)14/h4H,2-3H2,1H3. The molecular weight excluding hydrogens is 264 g/mol. The minimum atomic E-state index is -4.49. The monoisotopic (exact) mass is 271 g/mol. The molecule has 0 amide bonds. The summed E-state index contributed by atoms with van der Waals surface area (Å²) in [5.74, 6) is -0.600. The van der Waals surface area contributed by atoms with E-state index in [1.807, 2.05) is 0 Å². The van der Waals surface area contributed by atoms with Gasteiger partial charge in [0.25, 0.3) is 0 Å². The van der Waals surface area contributed by atoms with Crippen LogP contribution in [-0.2, 0) is 16.6 Å². The highest BCUT2D eigenvalue weighted by atomic mass is 35.5. The van der Waals surface area contributed by atoms with Crippen molar-refractivity contribution in [3.63, 3.8) is 0 Å². The normalized spacial score (nSPS) is 11.7. The molecule has 0 bridgehead atoms. The van der Waals surface area contributed by atoms with E-state index in [0.29, 0.717) is 11.1 Å². The Morgan fingerprint density at radius 1 is 1.47 bits per heavy atom. The molecule has 3 nitrogen and oxygen atoms in total. The lowest BCUT2D eigenvalue weighted by Crippen LogP contribution is -2.04. The van der Waals surface area contributed by atoms with Gasteiger partial charge in [-0.1, -0.05) is 23.2 Å². The number of aryl methyl sites for hydroxylation is 1. The van der Waals surface area contributed by atoms with Crippen molar-refractivity contribution in [2.45, 2.75) is 13.3 Å². The van der Waals surface area contributed by atoms with Gasteiger partial charge in [0.2, 0.25) is 0 Å². The molecule has 0 radical (unpaired) electrons. The maximum Gasteiger partial charge on any atom is 0.302 e. The van der Waals surface area contributed by atoms with Gasteiger partial charge in [-0.25, -0.2) is 4.98 Å². The number of rotatable bonds is 3. The predicted octanol–water partition coefficient (Wildman–Crippen LogP) is 2.54. The highest BCUT2D eigenvalue weighted by molar-refractivity contribution is 7.86. The molecule has 0 aliphatic carbocycles. The van der Waals surface area contributed by atoms with Crippen LogP contribution in [0.5, 0.6) is 0 Å². The van der Waals surface area contributed by atoms with E-state index in [0.717, 1.165) is 0 Å². The molecule has 0 saturated carbocycles. The molecule has 0 atom stereocenters. The number of nitrogens with zero attached hydrogens (tertiary/aromatic N) is 1. The average molecular weight is 272 g/mol. The van der Waals surface area contributed by atoms with Crippen molar-refractivity contribution in [2.24, 2.45) is 0 Å². The Morgan fingerprint density at radius 3 is 2.53 bits per heavy atom. The average Bonchev–Trinajstić information content (AvgIpc) is 1.99. The first-order valence-electron chi connectivity index (χ1n) is 4.03. The minimum Gasteiger partial charge on any atom is -0.224 e. The van der Waals surface area contributed by atoms with Crippen molar-refractivity contribution in [3.8, 4) is 0 Å². The van der Waals surface area contributed by atoms with E-state index in [1.54, 1.807) is 13.0 Å². The molecular formula is C8H8Cl2FNO2S. The number of hydrogen-bond donors (Lipinski definition) is 0. The summed E-state index contributed by atoms with van der Waals surface area (Å²) < 4.78 is 33.0. The Bertz CT molecular complexity index is 453. The van der Waals surface area contributed by atoms with Crippen molar-refractivity contribution in [2.75, 3.05) is 5.75 Å². The first-order valence-corrected chi connectivity index (χ1v) is 6.34. The molecule has 15 heavy (non-hydrogen) atoms. The summed E-state index contributed by atoms with van der Waals surface area (Å²) >= 11 is 11.4. The van der Waals surface area contributed by atoms with Crippen LogP contribution >= 0.6 is 23.2 Å². The quantitative estimate of drug-likeness (QED) is 0.627. The SMILES string of the molecule is Cc1cc(Cl)nc(Cl)c1CCS(=O)(=O)F. The highest BCUT2D eigenvalue weighted by Crippen LogP contribution is 2.22. The Morgan fingerprint density at radius 2 is 2.07 bits per heavy atom. The topological polar surface area (TPSA) is 47.0 Å². The van der Waals surface area contributed by atoms with Gasteiger partial charge in [0.1, 0.15) is 10.3 Å². The molecule has 0 unspecified atom stereocenters. The summed E-state index contributed by atoms with van der Waals surface area (Å²) in [6.45, 7) is 1.71. The Hall–Kier alpha value is -0.390. The van der Waals surface area contributed by atoms with Gasteiger partial charge in [0, 0.05) is 0 Å². The molecule has 0 N–H and O–H groups in total. The maximum atomic E-state index is 12.3. The zero-order valence-electron chi connectivity index (χ0n) is 7.80. The molecule has 1 rings (SSSR count). The van der Waals surface area contributed by atoms with Crippen LogP contribution in [0.3, 0.4) is 0 Å². The molecule has 0 aliphatic rings. The van der Waals surface area contributed by atoms with Crippen molar-refractivity contribution in [1.29, 1.82) is 0 Å². The van der Waals surface area contributed by atoms with Gasteiger partial charge in [0.15, 0.2) is 0 Å². The van der Waals surface area contributed by atoms with Gasteiger partial charge < -0.3 is 0 Å². The largest absolute Gasteiger partial charge is 0.302 e. The number of aromatic nitrogens is 1. The fourth-order valence-corrected chi connectivity index (χ4v) is 2.22. The third kappa shape index (κ3) is 3.93. The summed E-state index contributed by atoms with van der Waals surface area (Å²) in [6, 6.07) is 1.55. The Kier molecular flexibility index (Phi) is 3.92. The van der Waals surface area contributed by atoms with Gasteiger partial charge in [-0.05, 0) is 30.5 Å². The van der Waals surface area contributed by atoms with Crippen LogP contribution in [-0.4, -0.2) is 19.2 Å². The highest BCUT2D eigenvalue weighted by Gasteiger charge is 2.12. The molecule has 0 spiro atoms. The molecule has 1 aromatic rings. The fourth-order valence-electron chi connectivity index (χ4n) is 1.15. The molecule has 0 aromatic carbocycles. The summed E-state index contributed by atoms with van der Waals surface area (Å²) in [5, 5.41) is 0.341. The zero-order valence-corrected chi connectivity index (χ0v) is 10.1. The summed E-state index contributed by atoms with van der Waals surface area (Å²) in [7, 11) is -4.49. The van der Waals surface area contributed by atoms with E-state index in [9.17, 15) is 12.3 Å². The lowest BCUT2D eigenvalue weighted by molar-refractivity contribution is 0.551. The van der Waals surface area contributed by atoms with Crippen LogP contribution in [0.25, 0.3) is 0 Å². The van der Waals surface area contributed by atoms with Gasteiger partial charge >= 0.3 is 10.2 Å². The predicted molar refractivity (Wildman–Crippen MR) is 57.6 cm³/mol. The minimum absolute atomic E-state index is 0.00628. The molecule has 0 saturated heterocycles. The lowest BCUT2D eigenvalue weighted by atomic mass is 10.1. The van der Waals surface area contributed by atoms with Crippen LogP contribution < -0.4 is 0 Å². The van der Waals surface area contributed by atoms with Crippen LogP contribution in [0.2, 0.25) is 10.3 Å². The van der Waals surface area contributed by atoms with Crippen molar-refractivity contribution in [1.82, 2.24) is 4.98 Å². The van der Waals surface area contributed by atoms with Crippen LogP contribution in [0.4, 0.5) is 3.89 Å². The van der Waals surface area contributed by atoms with Gasteiger partial charge in [-0.15, -0.1) is 3.89 Å². The first-order chi connectivity index (χ1) is 6.79. The smallest absolute Gasteiger partial charge is 0.224 e. The second-order valence-corrected chi connectivity index (χ2v) is 5.26. The molecule has 7 heteroatoms. The van der Waals surface area contributed by atoms with E-state index in [-0.39, 0.29) is 16.7 Å². The molecule has 0 fully saturated rings. The van der Waals surface area contributed by atoms with E-state index in [4.69, 9.17) is 23.2 Å². The molecule has 0 aliphatic heterocycles. The van der Waals surface area contributed by atoms with Crippen LogP contribution in [0.1, 0.15) is 11.1 Å². The second-order valence-electron chi connectivity index (χ2n) is 3.02. The van der Waals surface area contributed by atoms with Gasteiger partial charge in [0.05, 0.1) is 5.75 Å². The molecule has 84 valence electrons. The zero-order chi connectivity index (χ0) is 11.6. The maximum absolute atomic E-state index is 12.3. The Balaban J connectivity index is 2.96. The number of halogens is 3. The van der Waals surface area contributed by atoms with Crippen molar-refractivity contribution in [3.05, 3.63) is 27.5 Å². The van der Waals surface area contributed by atoms with Crippen molar-refractivity contribution < 1.29 is 12.3 Å². The van der Waals surface area contributed by atoms with E-state index in [1.165, 1.54) is 0 Å². The number of hydrogen-bond acceptors (Lipinski definition) is 3. The van der Waals surface area contributed by atoms with Crippen LogP contribution in [0, 0.1) is 6.92 Å². The van der Waals surface area contributed by atoms with E-state index >= 15 is 0 Å². The third-order valence-corrected chi connectivity index (χ3v) is 3.06. The van der Waals surface area contributed by atoms with Gasteiger partial charge in [-0.3, -0.25) is 0 Å². The summed E-state index contributed by atoms with van der Waals surface area (Å²) in [5.41, 5.74) is 1.20. The van der Waals surface area contributed by atoms with Gasteiger partial charge in [-0.2, -0.15) is 8.42 Å². The van der Waals surface area contributed by atoms with E-state index in [2.05, 4.69) is 4.98 Å². The second kappa shape index (κ2) is 4.63. The lowest BCUT2D eigenvalue weighted by Gasteiger charge is -2.06. The first kappa shape index (κ1) is 12.7. The van der Waals surface area contributed by atoms with Crippen molar-refractivity contribution >= 4 is 33.4 Å². The summed E-state index contributed by atoms with van der Waals surface area (Å²) in [4.78, 5) is 3.75. The van der Waals surface area contributed by atoms with Crippen LogP contribution in [0.15, 0.2) is 6.07 Å². The molecule has 1 heterocycles. The van der Waals surface area contributed by atoms with E-state index < -0.39 is 16.0 Å². The Labute approximate surface area is 97.4 Å². The molecule has 1 aromatic heterocycles. The third-order valence-electron chi connectivity index (χ3n) is 1.86. The number of pyridine rings is 1. The summed E-state index contributed by atoms with van der Waals surface area (Å²) in [6.07, 6.45) is -0.00628.